The van der Waals surface area contributed by atoms with Gasteiger partial charge in [0.2, 0.25) is 0 Å². The molecule has 0 radical (unpaired) electrons. The van der Waals surface area contributed by atoms with Crippen LogP contribution in [0.15, 0.2) is 94.9 Å². The molecule has 0 saturated carbocycles. The van der Waals surface area contributed by atoms with Gasteiger partial charge < -0.3 is 0 Å². The van der Waals surface area contributed by atoms with Crippen molar-refractivity contribution in [3.05, 3.63) is 95.5 Å². The Morgan fingerprint density at radius 1 is 0.914 bits per heavy atom. The minimum atomic E-state index is -3.99. The van der Waals surface area contributed by atoms with Crippen molar-refractivity contribution in [1.82, 2.24) is 10.3 Å². The number of piperidine rings is 1. The number of sulfonamides is 1. The maximum atomic E-state index is 13.3. The molecule has 1 heterocycles. The number of hydrogen-bond donors (Lipinski definition) is 1. The van der Waals surface area contributed by atoms with Crippen molar-refractivity contribution in [2.24, 2.45) is 5.10 Å². The minimum absolute atomic E-state index is 0.0515. The number of rotatable bonds is 8. The first kappa shape index (κ1) is 24.9. The Morgan fingerprint density at radius 3 is 2.14 bits per heavy atom. The summed E-state index contributed by atoms with van der Waals surface area (Å²) in [5.41, 5.74) is 5.11. The largest absolute Gasteiger partial charge is 0.298 e. The molecule has 1 saturated heterocycles. The van der Waals surface area contributed by atoms with Crippen LogP contribution in [0.1, 0.15) is 18.4 Å². The van der Waals surface area contributed by atoms with Crippen LogP contribution in [0.3, 0.4) is 0 Å². The van der Waals surface area contributed by atoms with Gasteiger partial charge >= 0.3 is 0 Å². The average Bonchev–Trinajstić information content (AvgIpc) is 2.88. The highest BCUT2D eigenvalue weighted by Gasteiger charge is 2.27. The zero-order valence-electron chi connectivity index (χ0n) is 19.2. The van der Waals surface area contributed by atoms with Crippen LogP contribution < -0.4 is 9.73 Å². The molecule has 0 spiro atoms. The number of halogens is 1. The molecule has 1 N–H and O–H groups in total. The Hall–Kier alpha value is -3.20. The average molecular weight is 511 g/mol. The van der Waals surface area contributed by atoms with Gasteiger partial charge in [-0.05, 0) is 42.0 Å². The van der Waals surface area contributed by atoms with Crippen LogP contribution in [0.4, 0.5) is 5.69 Å². The molecule has 3 aromatic carbocycles. The molecule has 35 heavy (non-hydrogen) atoms. The molecule has 0 unspecified atom stereocenters. The van der Waals surface area contributed by atoms with Gasteiger partial charge in [-0.15, -0.1) is 0 Å². The predicted molar refractivity (Wildman–Crippen MR) is 139 cm³/mol. The summed E-state index contributed by atoms with van der Waals surface area (Å²) in [6.07, 6.45) is 1.50. The molecule has 1 aliphatic heterocycles. The molecule has 182 valence electrons. The zero-order valence-corrected chi connectivity index (χ0v) is 20.8. The van der Waals surface area contributed by atoms with Crippen molar-refractivity contribution < 1.29 is 13.2 Å². The van der Waals surface area contributed by atoms with Crippen LogP contribution in [-0.4, -0.2) is 44.6 Å². The maximum Gasteiger partial charge on any atom is 0.264 e. The second-order valence-corrected chi connectivity index (χ2v) is 10.6. The van der Waals surface area contributed by atoms with Crippen LogP contribution in [-0.2, 0) is 21.4 Å². The van der Waals surface area contributed by atoms with E-state index in [2.05, 4.69) is 27.6 Å². The molecule has 0 bridgehead atoms. The molecule has 0 aromatic heterocycles. The monoisotopic (exact) mass is 510 g/mol. The van der Waals surface area contributed by atoms with Crippen LogP contribution in [0, 0.1) is 0 Å². The highest BCUT2D eigenvalue weighted by atomic mass is 35.5. The Morgan fingerprint density at radius 2 is 1.51 bits per heavy atom. The lowest BCUT2D eigenvalue weighted by Gasteiger charge is -2.27. The third-order valence-electron chi connectivity index (χ3n) is 5.75. The van der Waals surface area contributed by atoms with E-state index in [1.165, 1.54) is 29.8 Å². The van der Waals surface area contributed by atoms with Gasteiger partial charge in [0, 0.05) is 43.2 Å². The van der Waals surface area contributed by atoms with E-state index in [0.29, 0.717) is 10.7 Å². The van der Waals surface area contributed by atoms with E-state index in [0.717, 1.165) is 42.5 Å². The van der Waals surface area contributed by atoms with E-state index >= 15 is 0 Å². The van der Waals surface area contributed by atoms with Crippen LogP contribution in [0.5, 0.6) is 0 Å². The number of likely N-dealkylation sites (tertiary alicyclic amines) is 1. The molecule has 7 nitrogen and oxygen atoms in total. The summed E-state index contributed by atoms with van der Waals surface area (Å²) in [4.78, 5) is 15.2. The maximum absolute atomic E-state index is 13.3. The molecule has 0 atom stereocenters. The van der Waals surface area contributed by atoms with E-state index in [1.807, 2.05) is 18.2 Å². The van der Waals surface area contributed by atoms with Gasteiger partial charge in [-0.3, -0.25) is 14.0 Å². The standard InChI is InChI=1S/C26H27ClN4O3S/c27-22-11-13-25(14-12-22)35(33,34)31(24-9-5-2-6-10-24)20-26(32)29-28-23-15-17-30(18-16-23)19-21-7-3-1-4-8-21/h1-14H,15-20H2,(H,29,32). The van der Waals surface area contributed by atoms with Crippen molar-refractivity contribution in [2.75, 3.05) is 23.9 Å². The van der Waals surface area contributed by atoms with Crippen molar-refractivity contribution >= 4 is 38.9 Å². The number of hydrazone groups is 1. The van der Waals surface area contributed by atoms with Gasteiger partial charge in [0.25, 0.3) is 15.9 Å². The summed E-state index contributed by atoms with van der Waals surface area (Å²) in [6.45, 7) is 2.19. The van der Waals surface area contributed by atoms with E-state index in [-0.39, 0.29) is 4.90 Å². The molecule has 3 aromatic rings. The first-order valence-corrected chi connectivity index (χ1v) is 13.2. The third kappa shape index (κ3) is 6.69. The third-order valence-corrected chi connectivity index (χ3v) is 7.79. The first-order chi connectivity index (χ1) is 16.9. The highest BCUT2D eigenvalue weighted by molar-refractivity contribution is 7.92. The van der Waals surface area contributed by atoms with Crippen molar-refractivity contribution in [1.29, 1.82) is 0 Å². The SMILES string of the molecule is O=C(CN(c1ccccc1)S(=O)(=O)c1ccc(Cl)cc1)NN=C1CCN(Cc2ccccc2)CC1. The molecule has 4 rings (SSSR count). The summed E-state index contributed by atoms with van der Waals surface area (Å²) >= 11 is 5.92. The second-order valence-electron chi connectivity index (χ2n) is 8.28. The number of carbonyl (C=O) groups is 1. The molecular weight excluding hydrogens is 484 g/mol. The summed E-state index contributed by atoms with van der Waals surface area (Å²) in [6, 6.07) is 24.7. The lowest BCUT2D eigenvalue weighted by Crippen LogP contribution is -2.40. The Bertz CT molecular complexity index is 1260. The van der Waals surface area contributed by atoms with Gasteiger partial charge in [0.05, 0.1) is 10.6 Å². The number of carbonyl (C=O) groups excluding carboxylic acids is 1. The van der Waals surface area contributed by atoms with Gasteiger partial charge in [-0.2, -0.15) is 5.10 Å². The second kappa shape index (κ2) is 11.5. The van der Waals surface area contributed by atoms with Gasteiger partial charge in [0.1, 0.15) is 6.54 Å². The van der Waals surface area contributed by atoms with Crippen LogP contribution in [0.25, 0.3) is 0 Å². The van der Waals surface area contributed by atoms with Crippen molar-refractivity contribution in [3.8, 4) is 0 Å². The van der Waals surface area contributed by atoms with Crippen molar-refractivity contribution in [3.63, 3.8) is 0 Å². The first-order valence-electron chi connectivity index (χ1n) is 11.4. The zero-order chi connectivity index (χ0) is 24.7. The van der Waals surface area contributed by atoms with E-state index in [4.69, 9.17) is 11.6 Å². The number of nitrogens with one attached hydrogen (secondary N) is 1. The number of amides is 1. The Labute approximate surface area is 211 Å². The minimum Gasteiger partial charge on any atom is -0.298 e. The lowest BCUT2D eigenvalue weighted by molar-refractivity contribution is -0.119. The highest BCUT2D eigenvalue weighted by Crippen LogP contribution is 2.24. The molecule has 9 heteroatoms. The van der Waals surface area contributed by atoms with Crippen LogP contribution in [0.2, 0.25) is 5.02 Å². The van der Waals surface area contributed by atoms with Gasteiger partial charge in [0.15, 0.2) is 0 Å². The Kier molecular flexibility index (Phi) is 8.17. The summed E-state index contributed by atoms with van der Waals surface area (Å²) in [7, 11) is -3.99. The van der Waals surface area contributed by atoms with E-state index in [1.54, 1.807) is 30.3 Å². The molecule has 1 amide bonds. The predicted octanol–water partition coefficient (Wildman–Crippen LogP) is 4.30. The lowest BCUT2D eigenvalue weighted by atomic mass is 10.1. The normalized spacial score (nSPS) is 14.4. The molecule has 0 aliphatic carbocycles. The number of benzene rings is 3. The summed E-state index contributed by atoms with van der Waals surface area (Å²) in [5.74, 6) is -0.509. The van der Waals surface area contributed by atoms with Crippen molar-refractivity contribution in [2.45, 2.75) is 24.3 Å². The quantitative estimate of drug-likeness (QED) is 0.458. The van der Waals surface area contributed by atoms with Crippen LogP contribution >= 0.6 is 11.6 Å². The van der Waals surface area contributed by atoms with E-state index < -0.39 is 22.5 Å². The van der Waals surface area contributed by atoms with E-state index in [9.17, 15) is 13.2 Å². The fraction of sp³-hybridized carbons (Fsp3) is 0.231. The summed E-state index contributed by atoms with van der Waals surface area (Å²) in [5, 5.41) is 4.72. The topological polar surface area (TPSA) is 82.1 Å². The number of hydrogen-bond acceptors (Lipinski definition) is 5. The molecular formula is C26H27ClN4O3S. The molecule has 1 aliphatic rings. The smallest absolute Gasteiger partial charge is 0.264 e. The summed E-state index contributed by atoms with van der Waals surface area (Å²) < 4.78 is 27.7. The number of anilines is 1. The Balaban J connectivity index is 1.40. The number of para-hydroxylation sites is 1. The fourth-order valence-corrected chi connectivity index (χ4v) is 5.42. The number of nitrogens with zero attached hydrogens (tertiary/aromatic N) is 3. The van der Waals surface area contributed by atoms with Gasteiger partial charge in [-0.25, -0.2) is 13.8 Å². The molecule has 1 fully saturated rings. The van der Waals surface area contributed by atoms with Gasteiger partial charge in [-0.1, -0.05) is 60.1 Å². The fourth-order valence-electron chi connectivity index (χ4n) is 3.87.